The molecule has 0 saturated carbocycles. The van der Waals surface area contributed by atoms with Crippen LogP contribution in [0.5, 0.6) is 0 Å². The molecule has 0 unspecified atom stereocenters. The van der Waals surface area contributed by atoms with Gasteiger partial charge in [0.25, 0.3) is 0 Å². The topological polar surface area (TPSA) is 84.2 Å². The van der Waals surface area contributed by atoms with Crippen molar-refractivity contribution in [3.63, 3.8) is 0 Å². The average molecular weight is 337 g/mol. The lowest BCUT2D eigenvalue weighted by atomic mass is 9.92. The molecule has 0 atom stereocenters. The highest BCUT2D eigenvalue weighted by Gasteiger charge is 2.29. The maximum absolute atomic E-state index is 12.6. The molecule has 0 aliphatic heterocycles. The Balaban J connectivity index is 2.48. The molecule has 2 aromatic rings. The van der Waals surface area contributed by atoms with Gasteiger partial charge in [0.1, 0.15) is 4.90 Å². The number of aromatic nitrogens is 2. The molecule has 0 amide bonds. The minimum absolute atomic E-state index is 0.0576. The summed E-state index contributed by atoms with van der Waals surface area (Å²) in [6.45, 7) is 5.92. The number of benzene rings is 1. The molecule has 6 nitrogen and oxygen atoms in total. The first-order valence-electron chi connectivity index (χ1n) is 7.52. The zero-order valence-electron chi connectivity index (χ0n) is 13.7. The van der Waals surface area contributed by atoms with Gasteiger partial charge in [0.15, 0.2) is 0 Å². The molecule has 0 fully saturated rings. The van der Waals surface area contributed by atoms with Gasteiger partial charge in [-0.15, -0.1) is 0 Å². The van der Waals surface area contributed by atoms with Crippen LogP contribution in [0.2, 0.25) is 0 Å². The van der Waals surface area contributed by atoms with E-state index in [9.17, 15) is 8.42 Å². The number of hydrogen-bond donors (Lipinski definition) is 2. The Bertz CT molecular complexity index is 747. The first-order chi connectivity index (χ1) is 10.8. The van der Waals surface area contributed by atoms with E-state index in [1.165, 1.54) is 6.20 Å². The van der Waals surface area contributed by atoms with Crippen LogP contribution in [0.1, 0.15) is 32.9 Å². The van der Waals surface area contributed by atoms with Gasteiger partial charge in [0.05, 0.1) is 17.6 Å². The van der Waals surface area contributed by atoms with Crippen molar-refractivity contribution in [1.82, 2.24) is 14.5 Å². The normalized spacial score (nSPS) is 12.5. The minimum Gasteiger partial charge on any atom is -0.396 e. The van der Waals surface area contributed by atoms with Crippen LogP contribution in [0.25, 0.3) is 5.69 Å². The van der Waals surface area contributed by atoms with E-state index >= 15 is 0 Å². The SMILES string of the molecule is CC(C)(C)c1nn(-c2ccccc2)cc1S(=O)(=O)NCCCO. The van der Waals surface area contributed by atoms with E-state index in [1.54, 1.807) is 4.68 Å². The van der Waals surface area contributed by atoms with Crippen LogP contribution in [0.4, 0.5) is 0 Å². The Morgan fingerprint density at radius 2 is 1.87 bits per heavy atom. The second-order valence-corrected chi connectivity index (χ2v) is 8.08. The average Bonchev–Trinajstić information content (AvgIpc) is 2.94. The van der Waals surface area contributed by atoms with Gasteiger partial charge in [-0.25, -0.2) is 17.8 Å². The highest BCUT2D eigenvalue weighted by atomic mass is 32.2. The van der Waals surface area contributed by atoms with Crippen molar-refractivity contribution < 1.29 is 13.5 Å². The zero-order valence-corrected chi connectivity index (χ0v) is 14.5. The minimum atomic E-state index is -3.68. The predicted octanol–water partition coefficient (Wildman–Crippen LogP) is 1.83. The number of hydrogen-bond acceptors (Lipinski definition) is 4. The quantitative estimate of drug-likeness (QED) is 0.788. The monoisotopic (exact) mass is 337 g/mol. The largest absolute Gasteiger partial charge is 0.396 e. The van der Waals surface area contributed by atoms with Gasteiger partial charge >= 0.3 is 0 Å². The molecule has 1 aromatic heterocycles. The maximum Gasteiger partial charge on any atom is 0.244 e. The molecular weight excluding hydrogens is 314 g/mol. The van der Waals surface area contributed by atoms with E-state index in [4.69, 9.17) is 5.11 Å². The number of rotatable bonds is 6. The van der Waals surface area contributed by atoms with Gasteiger partial charge < -0.3 is 5.11 Å². The first kappa shape index (κ1) is 17.7. The lowest BCUT2D eigenvalue weighted by molar-refractivity contribution is 0.289. The van der Waals surface area contributed by atoms with E-state index in [0.717, 1.165) is 5.69 Å². The molecule has 0 radical (unpaired) electrons. The van der Waals surface area contributed by atoms with E-state index in [1.807, 2.05) is 51.1 Å². The van der Waals surface area contributed by atoms with Crippen molar-refractivity contribution in [2.45, 2.75) is 37.5 Å². The van der Waals surface area contributed by atoms with Gasteiger partial charge in [-0.05, 0) is 18.6 Å². The molecule has 0 aliphatic carbocycles. The Morgan fingerprint density at radius 3 is 2.43 bits per heavy atom. The summed E-state index contributed by atoms with van der Waals surface area (Å²) in [4.78, 5) is 0.173. The predicted molar refractivity (Wildman–Crippen MR) is 89.2 cm³/mol. The highest BCUT2D eigenvalue weighted by molar-refractivity contribution is 7.89. The lowest BCUT2D eigenvalue weighted by Gasteiger charge is -2.17. The maximum atomic E-state index is 12.6. The zero-order chi connectivity index (χ0) is 17.1. The van der Waals surface area contributed by atoms with Gasteiger partial charge in [-0.2, -0.15) is 5.10 Å². The number of aliphatic hydroxyl groups excluding tert-OH is 1. The number of para-hydroxylation sites is 1. The third-order valence-electron chi connectivity index (χ3n) is 3.33. The molecule has 7 heteroatoms. The molecule has 23 heavy (non-hydrogen) atoms. The van der Waals surface area contributed by atoms with Crippen LogP contribution in [0, 0.1) is 0 Å². The second kappa shape index (κ2) is 6.82. The smallest absolute Gasteiger partial charge is 0.244 e. The first-order valence-corrected chi connectivity index (χ1v) is 9.00. The van der Waals surface area contributed by atoms with Crippen LogP contribution < -0.4 is 4.72 Å². The Kier molecular flexibility index (Phi) is 5.23. The summed E-state index contributed by atoms with van der Waals surface area (Å²) in [5.74, 6) is 0. The van der Waals surface area contributed by atoms with Crippen molar-refractivity contribution in [1.29, 1.82) is 0 Å². The molecular formula is C16H23N3O3S. The van der Waals surface area contributed by atoms with E-state index in [-0.39, 0.29) is 18.0 Å². The van der Waals surface area contributed by atoms with Crippen molar-refractivity contribution in [3.05, 3.63) is 42.2 Å². The molecule has 0 aliphatic rings. The molecule has 0 spiro atoms. The molecule has 126 valence electrons. The van der Waals surface area contributed by atoms with Crippen molar-refractivity contribution >= 4 is 10.0 Å². The van der Waals surface area contributed by atoms with Crippen molar-refractivity contribution in [2.24, 2.45) is 0 Å². The Morgan fingerprint density at radius 1 is 1.22 bits per heavy atom. The molecule has 1 aromatic carbocycles. The van der Waals surface area contributed by atoms with Gasteiger partial charge in [-0.3, -0.25) is 0 Å². The van der Waals surface area contributed by atoms with Crippen LogP contribution in [0.15, 0.2) is 41.4 Å². The highest BCUT2D eigenvalue weighted by Crippen LogP contribution is 2.28. The van der Waals surface area contributed by atoms with Crippen LogP contribution >= 0.6 is 0 Å². The van der Waals surface area contributed by atoms with Gasteiger partial charge in [0, 0.05) is 18.6 Å². The summed E-state index contributed by atoms with van der Waals surface area (Å²) in [6, 6.07) is 9.39. The van der Waals surface area contributed by atoms with E-state index < -0.39 is 15.4 Å². The Labute approximate surface area is 137 Å². The summed E-state index contributed by atoms with van der Waals surface area (Å²) in [6.07, 6.45) is 1.91. The lowest BCUT2D eigenvalue weighted by Crippen LogP contribution is -2.27. The third kappa shape index (κ3) is 4.19. The van der Waals surface area contributed by atoms with Gasteiger partial charge in [-0.1, -0.05) is 39.0 Å². The Hall–Kier alpha value is -1.70. The third-order valence-corrected chi connectivity index (χ3v) is 4.79. The summed E-state index contributed by atoms with van der Waals surface area (Å²) in [5, 5.41) is 13.3. The molecule has 0 saturated heterocycles. The summed E-state index contributed by atoms with van der Waals surface area (Å²) < 4.78 is 29.2. The fraction of sp³-hybridized carbons (Fsp3) is 0.438. The number of aliphatic hydroxyl groups is 1. The molecule has 2 rings (SSSR count). The summed E-state index contributed by atoms with van der Waals surface area (Å²) >= 11 is 0. The number of sulfonamides is 1. The van der Waals surface area contributed by atoms with Crippen molar-refractivity contribution in [2.75, 3.05) is 13.2 Å². The standard InChI is InChI=1S/C16H23N3O3S/c1-16(2,3)15-14(23(21,22)17-10-7-11-20)12-19(18-15)13-8-5-4-6-9-13/h4-6,8-9,12,17,20H,7,10-11H2,1-3H3. The second-order valence-electron chi connectivity index (χ2n) is 6.35. The van der Waals surface area contributed by atoms with E-state index in [0.29, 0.717) is 12.1 Å². The summed E-state index contributed by atoms with van der Waals surface area (Å²) in [5.41, 5.74) is 0.897. The molecule has 1 heterocycles. The van der Waals surface area contributed by atoms with Gasteiger partial charge in [0.2, 0.25) is 10.0 Å². The van der Waals surface area contributed by atoms with Crippen LogP contribution in [-0.2, 0) is 15.4 Å². The van der Waals surface area contributed by atoms with Crippen LogP contribution in [-0.4, -0.2) is 36.5 Å². The molecule has 0 bridgehead atoms. The van der Waals surface area contributed by atoms with Crippen molar-refractivity contribution in [3.8, 4) is 5.69 Å². The number of nitrogens with zero attached hydrogens (tertiary/aromatic N) is 2. The number of nitrogens with one attached hydrogen (secondary N) is 1. The van der Waals surface area contributed by atoms with E-state index in [2.05, 4.69) is 9.82 Å². The molecule has 2 N–H and O–H groups in total. The summed E-state index contributed by atoms with van der Waals surface area (Å²) in [7, 11) is -3.68. The fourth-order valence-electron chi connectivity index (χ4n) is 2.15. The van der Waals surface area contributed by atoms with Crippen LogP contribution in [0.3, 0.4) is 0 Å². The fourth-order valence-corrected chi connectivity index (χ4v) is 3.56.